The van der Waals surface area contributed by atoms with E-state index in [1.165, 1.54) is 0 Å². The maximum Gasteiger partial charge on any atom is 0.253 e. The van der Waals surface area contributed by atoms with Gasteiger partial charge in [-0.3, -0.25) is 14.4 Å². The molecule has 2 heterocycles. The van der Waals surface area contributed by atoms with E-state index >= 15 is 0 Å². The molecule has 3 rings (SSSR count). The van der Waals surface area contributed by atoms with Gasteiger partial charge in [-0.05, 0) is 12.1 Å². The molecule has 0 aromatic heterocycles. The van der Waals surface area contributed by atoms with Crippen molar-refractivity contribution in [3.8, 4) is 0 Å². The van der Waals surface area contributed by atoms with Crippen molar-refractivity contribution in [3.05, 3.63) is 35.9 Å². The van der Waals surface area contributed by atoms with Gasteiger partial charge in [0.25, 0.3) is 5.91 Å². The molecule has 1 aromatic rings. The largest absolute Gasteiger partial charge is 0.345 e. The van der Waals surface area contributed by atoms with Gasteiger partial charge in [-0.2, -0.15) is 0 Å². The van der Waals surface area contributed by atoms with Crippen molar-refractivity contribution in [1.82, 2.24) is 14.7 Å². The van der Waals surface area contributed by atoms with Crippen molar-refractivity contribution < 1.29 is 14.4 Å². The van der Waals surface area contributed by atoms with Gasteiger partial charge < -0.3 is 14.7 Å². The lowest BCUT2D eigenvalue weighted by atomic mass is 9.85. The van der Waals surface area contributed by atoms with Gasteiger partial charge >= 0.3 is 0 Å². The van der Waals surface area contributed by atoms with Crippen LogP contribution in [0.4, 0.5) is 0 Å². The Hall–Kier alpha value is -2.37. The molecule has 2 saturated heterocycles. The second kappa shape index (κ2) is 6.26. The maximum absolute atomic E-state index is 12.9. The first-order valence-electron chi connectivity index (χ1n) is 8.24. The third-order valence-corrected chi connectivity index (χ3v) is 4.97. The number of amides is 3. The van der Waals surface area contributed by atoms with E-state index in [9.17, 15) is 14.4 Å². The number of likely N-dealkylation sites (tertiary alicyclic amines) is 1. The zero-order chi connectivity index (χ0) is 17.3. The van der Waals surface area contributed by atoms with Crippen LogP contribution in [0.3, 0.4) is 0 Å². The highest BCUT2D eigenvalue weighted by molar-refractivity contribution is 5.94. The van der Waals surface area contributed by atoms with Crippen LogP contribution in [0.1, 0.15) is 23.7 Å². The molecule has 2 aliphatic rings. The summed E-state index contributed by atoms with van der Waals surface area (Å²) in [6.07, 6.45) is 0.381. The smallest absolute Gasteiger partial charge is 0.253 e. The second-order valence-corrected chi connectivity index (χ2v) is 6.96. The summed E-state index contributed by atoms with van der Waals surface area (Å²) in [4.78, 5) is 42.2. The Morgan fingerprint density at radius 3 is 2.21 bits per heavy atom. The molecule has 0 bridgehead atoms. The average molecular weight is 329 g/mol. The SMILES string of the molecule is CC(=O)N1CCN(C(=O)c2ccccc2)CC2(CC(=O)N(C)C2)C1. The molecule has 2 aliphatic heterocycles. The van der Waals surface area contributed by atoms with Crippen LogP contribution in [0.2, 0.25) is 0 Å². The molecule has 2 fully saturated rings. The van der Waals surface area contributed by atoms with Crippen molar-refractivity contribution in [3.63, 3.8) is 0 Å². The summed E-state index contributed by atoms with van der Waals surface area (Å²) >= 11 is 0. The summed E-state index contributed by atoms with van der Waals surface area (Å²) in [5.41, 5.74) is 0.264. The highest BCUT2D eigenvalue weighted by Gasteiger charge is 2.46. The molecule has 1 spiro atoms. The summed E-state index contributed by atoms with van der Waals surface area (Å²) in [6.45, 7) is 4.15. The zero-order valence-electron chi connectivity index (χ0n) is 14.2. The van der Waals surface area contributed by atoms with Gasteiger partial charge in [-0.1, -0.05) is 18.2 Å². The number of hydrogen-bond acceptors (Lipinski definition) is 3. The lowest BCUT2D eigenvalue weighted by Gasteiger charge is -2.33. The Morgan fingerprint density at radius 1 is 1.00 bits per heavy atom. The molecule has 0 radical (unpaired) electrons. The fourth-order valence-corrected chi connectivity index (χ4v) is 3.78. The van der Waals surface area contributed by atoms with Gasteiger partial charge in [0, 0.05) is 64.1 Å². The standard InChI is InChI=1S/C18H23N3O3/c1-14(22)20-8-9-21(17(24)15-6-4-3-5-7-15)13-18(12-20)10-16(23)19(2)11-18/h3-7H,8-13H2,1-2H3. The van der Waals surface area contributed by atoms with Crippen LogP contribution >= 0.6 is 0 Å². The predicted molar refractivity (Wildman–Crippen MR) is 89.3 cm³/mol. The molecule has 0 saturated carbocycles. The number of rotatable bonds is 1. The van der Waals surface area contributed by atoms with Crippen LogP contribution in [-0.2, 0) is 9.59 Å². The summed E-state index contributed by atoms with van der Waals surface area (Å²) in [5.74, 6) is 0.0280. The molecule has 24 heavy (non-hydrogen) atoms. The van der Waals surface area contributed by atoms with Gasteiger partial charge in [0.05, 0.1) is 0 Å². The molecular weight excluding hydrogens is 306 g/mol. The minimum atomic E-state index is -0.377. The Balaban J connectivity index is 1.88. The van der Waals surface area contributed by atoms with E-state index in [-0.39, 0.29) is 23.1 Å². The van der Waals surface area contributed by atoms with Gasteiger partial charge in [0.15, 0.2) is 0 Å². The van der Waals surface area contributed by atoms with Crippen LogP contribution in [-0.4, -0.2) is 72.2 Å². The molecule has 3 amide bonds. The molecule has 1 unspecified atom stereocenters. The number of hydrogen-bond donors (Lipinski definition) is 0. The lowest BCUT2D eigenvalue weighted by Crippen LogP contribution is -2.44. The fraction of sp³-hybridized carbons (Fsp3) is 0.500. The summed E-state index contributed by atoms with van der Waals surface area (Å²) in [7, 11) is 1.78. The first kappa shape index (κ1) is 16.5. The average Bonchev–Trinajstić information content (AvgIpc) is 2.73. The van der Waals surface area contributed by atoms with E-state index in [0.717, 1.165) is 0 Å². The van der Waals surface area contributed by atoms with Gasteiger partial charge in [-0.15, -0.1) is 0 Å². The van der Waals surface area contributed by atoms with Crippen LogP contribution in [0, 0.1) is 5.41 Å². The Kier molecular flexibility index (Phi) is 4.30. The maximum atomic E-state index is 12.9. The summed E-state index contributed by atoms with van der Waals surface area (Å²) in [6, 6.07) is 9.16. The molecule has 6 heteroatoms. The van der Waals surface area contributed by atoms with Crippen LogP contribution in [0.5, 0.6) is 0 Å². The second-order valence-electron chi connectivity index (χ2n) is 6.96. The molecule has 0 N–H and O–H groups in total. The first-order valence-corrected chi connectivity index (χ1v) is 8.24. The predicted octanol–water partition coefficient (Wildman–Crippen LogP) is 0.839. The minimum absolute atomic E-state index is 0.00890. The number of nitrogens with zero attached hydrogens (tertiary/aromatic N) is 3. The molecule has 128 valence electrons. The van der Waals surface area contributed by atoms with E-state index in [2.05, 4.69) is 0 Å². The summed E-state index contributed by atoms with van der Waals surface area (Å²) < 4.78 is 0. The van der Waals surface area contributed by atoms with Crippen LogP contribution in [0.25, 0.3) is 0 Å². The first-order chi connectivity index (χ1) is 11.4. The Bertz CT molecular complexity index is 661. The Morgan fingerprint density at radius 2 is 1.62 bits per heavy atom. The fourth-order valence-electron chi connectivity index (χ4n) is 3.78. The highest BCUT2D eigenvalue weighted by Crippen LogP contribution is 2.34. The van der Waals surface area contributed by atoms with E-state index in [0.29, 0.717) is 44.7 Å². The van der Waals surface area contributed by atoms with Crippen molar-refractivity contribution >= 4 is 17.7 Å². The molecule has 0 aliphatic carbocycles. The lowest BCUT2D eigenvalue weighted by molar-refractivity contribution is -0.130. The minimum Gasteiger partial charge on any atom is -0.345 e. The Labute approximate surface area is 142 Å². The quantitative estimate of drug-likeness (QED) is 0.767. The van der Waals surface area contributed by atoms with Crippen molar-refractivity contribution in [2.24, 2.45) is 5.41 Å². The van der Waals surface area contributed by atoms with Gasteiger partial charge in [-0.25, -0.2) is 0 Å². The van der Waals surface area contributed by atoms with Gasteiger partial charge in [0.1, 0.15) is 0 Å². The van der Waals surface area contributed by atoms with Crippen LogP contribution < -0.4 is 0 Å². The number of benzene rings is 1. The van der Waals surface area contributed by atoms with E-state index in [4.69, 9.17) is 0 Å². The number of carbonyl (C=O) groups is 3. The topological polar surface area (TPSA) is 60.9 Å². The zero-order valence-corrected chi connectivity index (χ0v) is 14.2. The van der Waals surface area contributed by atoms with Crippen molar-refractivity contribution in [2.45, 2.75) is 13.3 Å². The normalized spacial score (nSPS) is 24.4. The third kappa shape index (κ3) is 3.13. The highest BCUT2D eigenvalue weighted by atomic mass is 16.2. The van der Waals surface area contributed by atoms with E-state index in [1.807, 2.05) is 18.2 Å². The molecule has 1 aromatic carbocycles. The molecule has 1 atom stereocenters. The number of carbonyl (C=O) groups excluding carboxylic acids is 3. The molecular formula is C18H23N3O3. The third-order valence-electron chi connectivity index (χ3n) is 4.97. The molecule has 6 nitrogen and oxygen atoms in total. The van der Waals surface area contributed by atoms with Crippen molar-refractivity contribution in [1.29, 1.82) is 0 Å². The summed E-state index contributed by atoms with van der Waals surface area (Å²) in [5, 5.41) is 0. The van der Waals surface area contributed by atoms with Gasteiger partial charge in [0.2, 0.25) is 11.8 Å². The monoisotopic (exact) mass is 329 g/mol. The van der Waals surface area contributed by atoms with Crippen LogP contribution in [0.15, 0.2) is 30.3 Å². The van der Waals surface area contributed by atoms with E-state index in [1.54, 1.807) is 40.8 Å². The van der Waals surface area contributed by atoms with E-state index < -0.39 is 0 Å². The van der Waals surface area contributed by atoms with Crippen molar-refractivity contribution in [2.75, 3.05) is 39.8 Å².